The highest BCUT2D eigenvalue weighted by atomic mass is 16.5. The van der Waals surface area contributed by atoms with E-state index in [-0.39, 0.29) is 17.5 Å². The number of hydrogen-bond acceptors (Lipinski definition) is 4. The minimum Gasteiger partial charge on any atom is -0.491 e. The Morgan fingerprint density at radius 3 is 2.94 bits per heavy atom. The van der Waals surface area contributed by atoms with Crippen LogP contribution in [-0.2, 0) is 4.74 Å². The third-order valence-electron chi connectivity index (χ3n) is 3.01. The fourth-order valence-electron chi connectivity index (χ4n) is 2.10. The van der Waals surface area contributed by atoms with Gasteiger partial charge in [0, 0.05) is 12.7 Å². The highest BCUT2D eigenvalue weighted by molar-refractivity contribution is 5.85. The minimum absolute atomic E-state index is 0.0312. The van der Waals surface area contributed by atoms with Crippen molar-refractivity contribution in [2.24, 2.45) is 0 Å². The van der Waals surface area contributed by atoms with E-state index < -0.39 is 11.4 Å². The Labute approximate surface area is 104 Å². The number of pyridine rings is 1. The average Bonchev–Trinajstić information content (AvgIpc) is 2.39. The second-order valence-corrected chi connectivity index (χ2v) is 4.17. The van der Waals surface area contributed by atoms with Crippen LogP contribution in [0.5, 0.6) is 5.75 Å². The highest BCUT2D eigenvalue weighted by Crippen LogP contribution is 2.22. The zero-order valence-electron chi connectivity index (χ0n) is 10.1. The molecule has 0 aromatic carbocycles. The number of aromatic carboxylic acids is 1. The van der Waals surface area contributed by atoms with Crippen molar-refractivity contribution in [1.29, 1.82) is 0 Å². The van der Waals surface area contributed by atoms with Gasteiger partial charge in [-0.05, 0) is 12.8 Å². The van der Waals surface area contributed by atoms with Gasteiger partial charge in [0.05, 0.1) is 26.0 Å². The van der Waals surface area contributed by atoms with Crippen molar-refractivity contribution in [1.82, 2.24) is 4.57 Å². The number of nitrogens with zero attached hydrogens (tertiary/aromatic N) is 1. The molecule has 98 valence electrons. The van der Waals surface area contributed by atoms with Crippen LogP contribution in [0.2, 0.25) is 0 Å². The first-order chi connectivity index (χ1) is 8.63. The predicted molar refractivity (Wildman–Crippen MR) is 63.3 cm³/mol. The SMILES string of the molecule is COc1cn(C2CCCOC2)c(C(=O)O)cc1=O. The zero-order chi connectivity index (χ0) is 13.1. The van der Waals surface area contributed by atoms with Crippen LogP contribution in [0.4, 0.5) is 0 Å². The van der Waals surface area contributed by atoms with Crippen LogP contribution in [-0.4, -0.2) is 36.0 Å². The van der Waals surface area contributed by atoms with Crippen LogP contribution < -0.4 is 10.2 Å². The van der Waals surface area contributed by atoms with Crippen molar-refractivity contribution < 1.29 is 19.4 Å². The van der Waals surface area contributed by atoms with Crippen molar-refractivity contribution in [3.8, 4) is 5.75 Å². The summed E-state index contributed by atoms with van der Waals surface area (Å²) in [6, 6.07) is 1.02. The van der Waals surface area contributed by atoms with Crippen LogP contribution in [0.3, 0.4) is 0 Å². The maximum atomic E-state index is 11.6. The first-order valence-corrected chi connectivity index (χ1v) is 5.74. The predicted octanol–water partition coefficient (Wildman–Crippen LogP) is 0.907. The molecule has 1 aliphatic heterocycles. The molecule has 1 unspecified atom stereocenters. The molecule has 1 aromatic rings. The van der Waals surface area contributed by atoms with E-state index in [2.05, 4.69) is 0 Å². The molecule has 1 saturated heterocycles. The molecule has 0 amide bonds. The van der Waals surface area contributed by atoms with Crippen LogP contribution in [0, 0.1) is 0 Å². The van der Waals surface area contributed by atoms with E-state index in [9.17, 15) is 9.59 Å². The van der Waals surface area contributed by atoms with Gasteiger partial charge in [-0.25, -0.2) is 4.79 Å². The van der Waals surface area contributed by atoms with Crippen molar-refractivity contribution >= 4 is 5.97 Å². The molecular weight excluding hydrogens is 238 g/mol. The Kier molecular flexibility index (Phi) is 3.66. The summed E-state index contributed by atoms with van der Waals surface area (Å²) in [4.78, 5) is 22.8. The third kappa shape index (κ3) is 2.38. The second-order valence-electron chi connectivity index (χ2n) is 4.17. The van der Waals surface area contributed by atoms with Gasteiger partial charge < -0.3 is 19.1 Å². The molecule has 0 radical (unpaired) electrons. The molecule has 0 bridgehead atoms. The van der Waals surface area contributed by atoms with Gasteiger partial charge in [0.15, 0.2) is 5.75 Å². The number of ether oxygens (including phenoxy) is 2. The summed E-state index contributed by atoms with van der Waals surface area (Å²) in [6.45, 7) is 1.14. The number of hydrogen-bond donors (Lipinski definition) is 1. The maximum Gasteiger partial charge on any atom is 0.352 e. The van der Waals surface area contributed by atoms with Crippen molar-refractivity contribution in [2.45, 2.75) is 18.9 Å². The van der Waals surface area contributed by atoms with Crippen molar-refractivity contribution in [3.63, 3.8) is 0 Å². The van der Waals surface area contributed by atoms with E-state index >= 15 is 0 Å². The molecule has 1 atom stereocenters. The summed E-state index contributed by atoms with van der Waals surface area (Å²) in [5.41, 5.74) is -0.459. The normalized spacial score (nSPS) is 19.5. The highest BCUT2D eigenvalue weighted by Gasteiger charge is 2.21. The number of aromatic nitrogens is 1. The van der Waals surface area contributed by atoms with Gasteiger partial charge in [-0.1, -0.05) is 0 Å². The Morgan fingerprint density at radius 2 is 2.39 bits per heavy atom. The van der Waals surface area contributed by atoms with Gasteiger partial charge in [-0.2, -0.15) is 0 Å². The Morgan fingerprint density at radius 1 is 1.61 bits per heavy atom. The largest absolute Gasteiger partial charge is 0.491 e. The molecule has 1 aliphatic rings. The molecule has 0 spiro atoms. The molecule has 2 rings (SSSR count). The number of carbonyl (C=O) groups is 1. The first kappa shape index (κ1) is 12.6. The monoisotopic (exact) mass is 253 g/mol. The lowest BCUT2D eigenvalue weighted by Gasteiger charge is -2.26. The van der Waals surface area contributed by atoms with Gasteiger partial charge in [0.1, 0.15) is 5.69 Å². The molecule has 1 N–H and O–H groups in total. The summed E-state index contributed by atoms with van der Waals surface area (Å²) in [5.74, 6) is -0.981. The molecule has 2 heterocycles. The van der Waals surface area contributed by atoms with Gasteiger partial charge in [-0.15, -0.1) is 0 Å². The summed E-state index contributed by atoms with van der Waals surface area (Å²) >= 11 is 0. The fraction of sp³-hybridized carbons (Fsp3) is 0.500. The van der Waals surface area contributed by atoms with E-state index in [1.165, 1.54) is 13.3 Å². The molecule has 18 heavy (non-hydrogen) atoms. The van der Waals surface area contributed by atoms with Crippen LogP contribution in [0.25, 0.3) is 0 Å². The number of carboxylic acid groups (broad SMARTS) is 1. The van der Waals surface area contributed by atoms with E-state index in [1.54, 1.807) is 4.57 Å². The Balaban J connectivity index is 2.48. The van der Waals surface area contributed by atoms with Crippen LogP contribution >= 0.6 is 0 Å². The van der Waals surface area contributed by atoms with Gasteiger partial charge in [0.2, 0.25) is 5.43 Å². The Bertz CT molecular complexity index is 502. The zero-order valence-corrected chi connectivity index (χ0v) is 10.1. The van der Waals surface area contributed by atoms with E-state index in [1.807, 2.05) is 0 Å². The Hall–Kier alpha value is -1.82. The minimum atomic E-state index is -1.12. The second kappa shape index (κ2) is 5.22. The summed E-state index contributed by atoms with van der Waals surface area (Å²) in [7, 11) is 1.39. The molecule has 1 aromatic heterocycles. The van der Waals surface area contributed by atoms with E-state index in [4.69, 9.17) is 14.6 Å². The van der Waals surface area contributed by atoms with E-state index in [0.717, 1.165) is 18.9 Å². The summed E-state index contributed by atoms with van der Waals surface area (Å²) in [6.07, 6.45) is 3.15. The van der Waals surface area contributed by atoms with Crippen LogP contribution in [0.15, 0.2) is 17.1 Å². The van der Waals surface area contributed by atoms with Gasteiger partial charge >= 0.3 is 5.97 Å². The first-order valence-electron chi connectivity index (χ1n) is 5.74. The number of methoxy groups -OCH3 is 1. The average molecular weight is 253 g/mol. The van der Waals surface area contributed by atoms with E-state index in [0.29, 0.717) is 13.2 Å². The van der Waals surface area contributed by atoms with Crippen molar-refractivity contribution in [2.75, 3.05) is 20.3 Å². The third-order valence-corrected chi connectivity index (χ3v) is 3.01. The summed E-state index contributed by atoms with van der Waals surface area (Å²) < 4.78 is 11.8. The standard InChI is InChI=1S/C12H15NO5/c1-17-11-6-13(8-3-2-4-18-7-8)9(12(15)16)5-10(11)14/h5-6,8H,2-4,7H2,1H3,(H,15,16). The molecular formula is C12H15NO5. The molecule has 6 nitrogen and oxygen atoms in total. The van der Waals surface area contributed by atoms with Gasteiger partial charge in [-0.3, -0.25) is 4.79 Å². The number of carboxylic acids is 1. The molecule has 6 heteroatoms. The quantitative estimate of drug-likeness (QED) is 0.866. The lowest BCUT2D eigenvalue weighted by molar-refractivity contribution is 0.0533. The fourth-order valence-corrected chi connectivity index (χ4v) is 2.10. The van der Waals surface area contributed by atoms with Gasteiger partial charge in [0.25, 0.3) is 0 Å². The maximum absolute atomic E-state index is 11.6. The summed E-state index contributed by atoms with van der Waals surface area (Å²) in [5, 5.41) is 9.14. The number of rotatable bonds is 3. The molecule has 1 fully saturated rings. The lowest BCUT2D eigenvalue weighted by Crippen LogP contribution is -2.27. The molecule has 0 saturated carbocycles. The molecule has 0 aliphatic carbocycles. The van der Waals surface area contributed by atoms with Crippen molar-refractivity contribution in [3.05, 3.63) is 28.2 Å². The van der Waals surface area contributed by atoms with Crippen LogP contribution in [0.1, 0.15) is 29.4 Å². The smallest absolute Gasteiger partial charge is 0.352 e. The lowest BCUT2D eigenvalue weighted by atomic mass is 10.1. The topological polar surface area (TPSA) is 77.8 Å².